The van der Waals surface area contributed by atoms with Gasteiger partial charge in [-0.1, -0.05) is 13.8 Å². The van der Waals surface area contributed by atoms with Crippen molar-refractivity contribution in [2.75, 3.05) is 5.73 Å². The third kappa shape index (κ3) is 1.63. The smallest absolute Gasteiger partial charge is 0.0854 e. The Morgan fingerprint density at radius 2 is 2.07 bits per heavy atom. The third-order valence-electron chi connectivity index (χ3n) is 2.97. The number of rotatable bonds is 4. The topological polar surface area (TPSA) is 43.8 Å². The second-order valence-corrected chi connectivity index (χ2v) is 4.14. The summed E-state index contributed by atoms with van der Waals surface area (Å²) in [6, 6.07) is 0. The number of aryl methyl sites for hydroxylation is 1. The van der Waals surface area contributed by atoms with Gasteiger partial charge in [-0.25, -0.2) is 0 Å². The molecule has 1 aromatic heterocycles. The van der Waals surface area contributed by atoms with Gasteiger partial charge in [-0.2, -0.15) is 5.10 Å². The lowest BCUT2D eigenvalue weighted by molar-refractivity contribution is 0.537. The van der Waals surface area contributed by atoms with E-state index in [0.29, 0.717) is 0 Å². The van der Waals surface area contributed by atoms with Crippen LogP contribution in [0.1, 0.15) is 38.1 Å². The van der Waals surface area contributed by atoms with Crippen LogP contribution in [0.4, 0.5) is 5.69 Å². The van der Waals surface area contributed by atoms with Crippen LogP contribution in [0.2, 0.25) is 0 Å². The number of aromatic nitrogens is 2. The normalized spacial score (nSPS) is 16.1. The summed E-state index contributed by atoms with van der Waals surface area (Å²) in [5.41, 5.74) is 9.27. The summed E-state index contributed by atoms with van der Waals surface area (Å²) >= 11 is 0. The van der Waals surface area contributed by atoms with E-state index in [4.69, 9.17) is 5.73 Å². The van der Waals surface area contributed by atoms with E-state index in [9.17, 15) is 0 Å². The van der Waals surface area contributed by atoms with Gasteiger partial charge in [0, 0.05) is 6.54 Å². The van der Waals surface area contributed by atoms with Crippen molar-refractivity contribution >= 4 is 5.69 Å². The van der Waals surface area contributed by atoms with Gasteiger partial charge in [-0.3, -0.25) is 4.68 Å². The molecule has 1 fully saturated rings. The molecule has 1 aliphatic carbocycles. The summed E-state index contributed by atoms with van der Waals surface area (Å²) in [6.07, 6.45) is 4.66. The average molecular weight is 193 g/mol. The highest BCUT2D eigenvalue weighted by Crippen LogP contribution is 2.32. The Bertz CT molecular complexity index is 324. The summed E-state index contributed by atoms with van der Waals surface area (Å²) < 4.78 is 2.13. The molecule has 0 aromatic carbocycles. The quantitative estimate of drug-likeness (QED) is 0.794. The van der Waals surface area contributed by atoms with Crippen molar-refractivity contribution in [3.8, 4) is 0 Å². The molecule has 0 spiro atoms. The molecule has 14 heavy (non-hydrogen) atoms. The molecule has 2 N–H and O–H groups in total. The number of nitrogen functional groups attached to an aromatic ring is 1. The second kappa shape index (κ2) is 3.64. The van der Waals surface area contributed by atoms with E-state index in [1.165, 1.54) is 18.5 Å². The summed E-state index contributed by atoms with van der Waals surface area (Å²) in [7, 11) is 0. The monoisotopic (exact) mass is 193 g/mol. The largest absolute Gasteiger partial charge is 0.396 e. The van der Waals surface area contributed by atoms with E-state index in [-0.39, 0.29) is 0 Å². The van der Waals surface area contributed by atoms with Gasteiger partial charge in [0.2, 0.25) is 0 Å². The first-order valence-corrected chi connectivity index (χ1v) is 5.60. The van der Waals surface area contributed by atoms with E-state index in [2.05, 4.69) is 23.6 Å². The van der Waals surface area contributed by atoms with E-state index >= 15 is 0 Å². The number of nitrogens with zero attached hydrogens (tertiary/aromatic N) is 2. The molecule has 3 nitrogen and oxygen atoms in total. The van der Waals surface area contributed by atoms with Crippen LogP contribution in [0.3, 0.4) is 0 Å². The minimum Gasteiger partial charge on any atom is -0.396 e. The molecule has 2 rings (SSSR count). The van der Waals surface area contributed by atoms with Gasteiger partial charge >= 0.3 is 0 Å². The van der Waals surface area contributed by atoms with Gasteiger partial charge in [0.1, 0.15) is 0 Å². The molecule has 0 amide bonds. The fourth-order valence-corrected chi connectivity index (χ4v) is 1.90. The highest BCUT2D eigenvalue weighted by molar-refractivity contribution is 5.48. The minimum atomic E-state index is 0.865. The first-order chi connectivity index (χ1) is 6.76. The van der Waals surface area contributed by atoms with Gasteiger partial charge in [0.25, 0.3) is 0 Å². The van der Waals surface area contributed by atoms with Crippen LogP contribution >= 0.6 is 0 Å². The molecule has 0 unspecified atom stereocenters. The van der Waals surface area contributed by atoms with Gasteiger partial charge in [-0.15, -0.1) is 0 Å². The minimum absolute atomic E-state index is 0.865. The maximum absolute atomic E-state index is 6.04. The van der Waals surface area contributed by atoms with E-state index in [1.807, 2.05) is 0 Å². The zero-order valence-corrected chi connectivity index (χ0v) is 9.08. The number of anilines is 1. The standard InChI is InChI=1S/C11H19N3/c1-3-9-11(12)10(4-2)14(13-9)7-8-5-6-8/h8H,3-7,12H2,1-2H3. The van der Waals surface area contributed by atoms with Gasteiger partial charge in [-0.05, 0) is 31.6 Å². The van der Waals surface area contributed by atoms with Crippen LogP contribution in [-0.4, -0.2) is 9.78 Å². The molecule has 1 aromatic rings. The Kier molecular flexibility index (Phi) is 2.48. The second-order valence-electron chi connectivity index (χ2n) is 4.14. The molecule has 0 atom stereocenters. The molecular formula is C11H19N3. The molecule has 1 heterocycles. The Hall–Kier alpha value is -0.990. The maximum atomic E-state index is 6.04. The predicted molar refractivity (Wildman–Crippen MR) is 58.1 cm³/mol. The summed E-state index contributed by atoms with van der Waals surface area (Å²) in [5.74, 6) is 0.865. The van der Waals surface area contributed by atoms with Crippen molar-refractivity contribution < 1.29 is 0 Å². The lowest BCUT2D eigenvalue weighted by Crippen LogP contribution is -2.06. The number of nitrogens with two attached hydrogens (primary N) is 1. The highest BCUT2D eigenvalue weighted by atomic mass is 15.3. The van der Waals surface area contributed by atoms with Crippen LogP contribution < -0.4 is 5.73 Å². The Balaban J connectivity index is 2.26. The van der Waals surface area contributed by atoms with Crippen LogP contribution in [0.5, 0.6) is 0 Å². The van der Waals surface area contributed by atoms with E-state index in [0.717, 1.165) is 36.7 Å². The highest BCUT2D eigenvalue weighted by Gasteiger charge is 2.24. The first-order valence-electron chi connectivity index (χ1n) is 5.60. The van der Waals surface area contributed by atoms with Crippen molar-refractivity contribution in [1.29, 1.82) is 0 Å². The molecule has 1 aliphatic rings. The summed E-state index contributed by atoms with van der Waals surface area (Å²) in [4.78, 5) is 0. The van der Waals surface area contributed by atoms with Crippen molar-refractivity contribution in [3.05, 3.63) is 11.4 Å². The fourth-order valence-electron chi connectivity index (χ4n) is 1.90. The van der Waals surface area contributed by atoms with Crippen molar-refractivity contribution in [1.82, 2.24) is 9.78 Å². The SMILES string of the molecule is CCc1nn(CC2CC2)c(CC)c1N. The van der Waals surface area contributed by atoms with E-state index in [1.54, 1.807) is 0 Å². The lowest BCUT2D eigenvalue weighted by atomic mass is 10.2. The van der Waals surface area contributed by atoms with Crippen LogP contribution in [0.25, 0.3) is 0 Å². The Morgan fingerprint density at radius 1 is 1.36 bits per heavy atom. The lowest BCUT2D eigenvalue weighted by Gasteiger charge is -2.04. The Morgan fingerprint density at radius 3 is 2.57 bits per heavy atom. The molecule has 0 bridgehead atoms. The summed E-state index contributed by atoms with van der Waals surface area (Å²) in [5, 5.41) is 4.57. The summed E-state index contributed by atoms with van der Waals surface area (Å²) in [6.45, 7) is 5.34. The third-order valence-corrected chi connectivity index (χ3v) is 2.97. The van der Waals surface area contributed by atoms with Crippen LogP contribution in [0.15, 0.2) is 0 Å². The molecule has 0 radical (unpaired) electrons. The van der Waals surface area contributed by atoms with E-state index < -0.39 is 0 Å². The van der Waals surface area contributed by atoms with Gasteiger partial charge in [0.15, 0.2) is 0 Å². The van der Waals surface area contributed by atoms with Crippen LogP contribution in [0, 0.1) is 5.92 Å². The molecule has 3 heteroatoms. The average Bonchev–Trinajstić information content (AvgIpc) is 2.92. The molecular weight excluding hydrogens is 174 g/mol. The predicted octanol–water partition coefficient (Wildman–Crippen LogP) is 2.00. The zero-order chi connectivity index (χ0) is 10.1. The Labute approximate surface area is 85.3 Å². The van der Waals surface area contributed by atoms with Gasteiger partial charge in [0.05, 0.1) is 17.1 Å². The molecule has 1 saturated carbocycles. The first kappa shape index (κ1) is 9.56. The molecule has 0 saturated heterocycles. The van der Waals surface area contributed by atoms with Crippen molar-refractivity contribution in [2.24, 2.45) is 5.92 Å². The van der Waals surface area contributed by atoms with Crippen molar-refractivity contribution in [2.45, 2.75) is 46.1 Å². The zero-order valence-electron chi connectivity index (χ0n) is 9.08. The maximum Gasteiger partial charge on any atom is 0.0854 e. The molecule has 78 valence electrons. The number of hydrogen-bond donors (Lipinski definition) is 1. The van der Waals surface area contributed by atoms with Crippen LogP contribution in [-0.2, 0) is 19.4 Å². The van der Waals surface area contributed by atoms with Gasteiger partial charge < -0.3 is 5.73 Å². The fraction of sp³-hybridized carbons (Fsp3) is 0.727. The number of hydrogen-bond acceptors (Lipinski definition) is 2. The molecule has 0 aliphatic heterocycles. The van der Waals surface area contributed by atoms with Crippen molar-refractivity contribution in [3.63, 3.8) is 0 Å².